The molecule has 3 rings (SSSR count). The second-order valence-corrected chi connectivity index (χ2v) is 5.12. The zero-order valence-electron chi connectivity index (χ0n) is 10.5. The lowest BCUT2D eigenvalue weighted by Gasteiger charge is -2.26. The van der Waals surface area contributed by atoms with Crippen molar-refractivity contribution < 1.29 is 9.18 Å². The lowest BCUT2D eigenvalue weighted by Crippen LogP contribution is -2.43. The number of Topliss-reactive ketones (excluding diaryl/α,β-unsaturated/α-hetero) is 1. The van der Waals surface area contributed by atoms with Gasteiger partial charge in [-0.2, -0.15) is 0 Å². The highest BCUT2D eigenvalue weighted by Crippen LogP contribution is 2.19. The number of rotatable bonds is 4. The van der Waals surface area contributed by atoms with Crippen LogP contribution in [0, 0.1) is 5.82 Å². The molecule has 1 aromatic carbocycles. The Morgan fingerprint density at radius 3 is 3.00 bits per heavy atom. The molecule has 0 bridgehead atoms. The number of carbonyl (C=O) groups excluding carboxylic acids is 1. The van der Waals surface area contributed by atoms with Gasteiger partial charge in [-0.05, 0) is 11.6 Å². The molecule has 5 nitrogen and oxygen atoms in total. The number of aromatic nitrogens is 3. The van der Waals surface area contributed by atoms with E-state index >= 15 is 0 Å². The van der Waals surface area contributed by atoms with E-state index in [-0.39, 0.29) is 34.5 Å². The average molecular weight is 295 g/mol. The van der Waals surface area contributed by atoms with Crippen molar-refractivity contribution in [1.29, 1.82) is 0 Å². The van der Waals surface area contributed by atoms with E-state index in [2.05, 4.69) is 15.6 Å². The second kappa shape index (κ2) is 5.30. The summed E-state index contributed by atoms with van der Waals surface area (Å²) in [7, 11) is 0. The predicted molar refractivity (Wildman–Crippen MR) is 71.4 cm³/mol. The fourth-order valence-corrected chi connectivity index (χ4v) is 2.19. The van der Waals surface area contributed by atoms with Crippen LogP contribution in [0.2, 0.25) is 5.02 Å². The summed E-state index contributed by atoms with van der Waals surface area (Å²) in [6.07, 6.45) is 1.53. The molecule has 0 saturated carbocycles. The lowest BCUT2D eigenvalue weighted by atomic mass is 10.1. The monoisotopic (exact) mass is 294 g/mol. The van der Waals surface area contributed by atoms with Crippen LogP contribution in [0.25, 0.3) is 0 Å². The van der Waals surface area contributed by atoms with Crippen LogP contribution in [-0.4, -0.2) is 33.9 Å². The second-order valence-electron chi connectivity index (χ2n) is 4.71. The van der Waals surface area contributed by atoms with Gasteiger partial charge in [-0.15, -0.1) is 5.10 Å². The molecule has 0 spiro atoms. The van der Waals surface area contributed by atoms with Crippen LogP contribution >= 0.6 is 11.6 Å². The molecule has 1 N–H and O–H groups in total. The van der Waals surface area contributed by atoms with Crippen molar-refractivity contribution in [1.82, 2.24) is 20.3 Å². The van der Waals surface area contributed by atoms with Gasteiger partial charge in [0.1, 0.15) is 11.5 Å². The summed E-state index contributed by atoms with van der Waals surface area (Å²) in [5.41, 5.74) is 0.513. The highest BCUT2D eigenvalue weighted by molar-refractivity contribution is 6.30. The molecule has 0 aliphatic carbocycles. The first-order chi connectivity index (χ1) is 9.65. The molecule has 0 radical (unpaired) electrons. The summed E-state index contributed by atoms with van der Waals surface area (Å²) in [6, 6.07) is 4.85. The Balaban J connectivity index is 1.75. The van der Waals surface area contributed by atoms with Crippen molar-refractivity contribution in [2.75, 3.05) is 13.1 Å². The normalized spacial score (nSPS) is 15.1. The summed E-state index contributed by atoms with van der Waals surface area (Å²) < 4.78 is 15.4. The molecule has 2 heterocycles. The molecule has 0 unspecified atom stereocenters. The van der Waals surface area contributed by atoms with Crippen LogP contribution in [0.5, 0.6) is 0 Å². The minimum Gasteiger partial charge on any atom is -0.312 e. The smallest absolute Gasteiger partial charge is 0.189 e. The van der Waals surface area contributed by atoms with Crippen LogP contribution in [0.3, 0.4) is 0 Å². The number of nitrogens with zero attached hydrogens (tertiary/aromatic N) is 3. The lowest BCUT2D eigenvalue weighted by molar-refractivity contribution is 0.0987. The Bertz CT molecular complexity index is 654. The summed E-state index contributed by atoms with van der Waals surface area (Å²) in [5.74, 6) is -0.831. The zero-order valence-corrected chi connectivity index (χ0v) is 11.3. The average Bonchev–Trinajstić information content (AvgIpc) is 2.82. The van der Waals surface area contributed by atoms with Crippen molar-refractivity contribution in [2.24, 2.45) is 0 Å². The van der Waals surface area contributed by atoms with Gasteiger partial charge in [0.25, 0.3) is 0 Å². The van der Waals surface area contributed by atoms with E-state index in [1.165, 1.54) is 6.07 Å². The van der Waals surface area contributed by atoms with Gasteiger partial charge in [-0.1, -0.05) is 28.9 Å². The number of benzene rings is 1. The van der Waals surface area contributed by atoms with E-state index in [1.807, 2.05) is 0 Å². The topological polar surface area (TPSA) is 59.8 Å². The van der Waals surface area contributed by atoms with Gasteiger partial charge >= 0.3 is 0 Å². The van der Waals surface area contributed by atoms with Gasteiger partial charge in [0.2, 0.25) is 0 Å². The van der Waals surface area contributed by atoms with Gasteiger partial charge in [0.15, 0.2) is 5.78 Å². The third-order valence-corrected chi connectivity index (χ3v) is 3.60. The van der Waals surface area contributed by atoms with Crippen LogP contribution < -0.4 is 5.32 Å². The van der Waals surface area contributed by atoms with Crippen molar-refractivity contribution in [3.63, 3.8) is 0 Å². The Hall–Kier alpha value is -1.79. The van der Waals surface area contributed by atoms with Gasteiger partial charge in [-0.25, -0.2) is 9.07 Å². The number of hydrogen-bond donors (Lipinski definition) is 1. The van der Waals surface area contributed by atoms with Crippen molar-refractivity contribution in [2.45, 2.75) is 12.5 Å². The molecule has 7 heteroatoms. The third kappa shape index (κ3) is 2.44. The molecule has 1 aromatic heterocycles. The number of nitrogens with one attached hydrogen (secondary N) is 1. The SMILES string of the molecule is O=C(Cc1cccc(Cl)c1F)c1cn(C2CNC2)nn1. The maximum atomic E-state index is 13.7. The maximum Gasteiger partial charge on any atom is 0.189 e. The van der Waals surface area contributed by atoms with Crippen LogP contribution in [0.4, 0.5) is 4.39 Å². The zero-order chi connectivity index (χ0) is 14.1. The van der Waals surface area contributed by atoms with E-state index in [4.69, 9.17) is 11.6 Å². The largest absolute Gasteiger partial charge is 0.312 e. The van der Waals surface area contributed by atoms with Crippen molar-refractivity contribution in [3.8, 4) is 0 Å². The molecular formula is C13H12ClFN4O. The van der Waals surface area contributed by atoms with Crippen LogP contribution in [-0.2, 0) is 6.42 Å². The quantitative estimate of drug-likeness (QED) is 0.871. The summed E-state index contributed by atoms with van der Waals surface area (Å²) in [6.45, 7) is 1.64. The molecule has 104 valence electrons. The molecule has 1 aliphatic rings. The molecular weight excluding hydrogens is 283 g/mol. The molecule has 1 fully saturated rings. The number of ketones is 1. The van der Waals surface area contributed by atoms with Crippen molar-refractivity contribution in [3.05, 3.63) is 46.5 Å². The summed E-state index contributed by atoms with van der Waals surface area (Å²) in [5, 5.41) is 10.9. The predicted octanol–water partition coefficient (Wildman–Crippen LogP) is 1.64. The van der Waals surface area contributed by atoms with Gasteiger partial charge in [0, 0.05) is 19.5 Å². The van der Waals surface area contributed by atoms with Gasteiger partial charge in [0.05, 0.1) is 17.3 Å². The van der Waals surface area contributed by atoms with E-state index in [0.717, 1.165) is 13.1 Å². The first-order valence-electron chi connectivity index (χ1n) is 6.24. The number of halogens is 2. The van der Waals surface area contributed by atoms with E-state index < -0.39 is 5.82 Å². The van der Waals surface area contributed by atoms with Crippen molar-refractivity contribution >= 4 is 17.4 Å². The molecule has 2 aromatic rings. The minimum atomic E-state index is -0.557. The highest BCUT2D eigenvalue weighted by Gasteiger charge is 2.22. The van der Waals surface area contributed by atoms with Gasteiger partial charge < -0.3 is 5.32 Å². The molecule has 0 atom stereocenters. The third-order valence-electron chi connectivity index (χ3n) is 3.31. The fraction of sp³-hybridized carbons (Fsp3) is 0.308. The molecule has 1 aliphatic heterocycles. The van der Waals surface area contributed by atoms with E-state index in [9.17, 15) is 9.18 Å². The Morgan fingerprint density at radius 2 is 2.30 bits per heavy atom. The van der Waals surface area contributed by atoms with Crippen LogP contribution in [0.15, 0.2) is 24.4 Å². The summed E-state index contributed by atoms with van der Waals surface area (Å²) in [4.78, 5) is 12.1. The minimum absolute atomic E-state index is 0.0134. The fourth-order valence-electron chi connectivity index (χ4n) is 1.99. The Labute approximate surface area is 119 Å². The van der Waals surface area contributed by atoms with Gasteiger partial charge in [-0.3, -0.25) is 4.79 Å². The molecule has 20 heavy (non-hydrogen) atoms. The molecule has 1 saturated heterocycles. The molecule has 0 amide bonds. The number of carbonyl (C=O) groups is 1. The first-order valence-corrected chi connectivity index (χ1v) is 6.61. The highest BCUT2D eigenvalue weighted by atomic mass is 35.5. The maximum absolute atomic E-state index is 13.7. The summed E-state index contributed by atoms with van der Waals surface area (Å²) >= 11 is 5.69. The van der Waals surface area contributed by atoms with E-state index in [0.29, 0.717) is 0 Å². The Morgan fingerprint density at radius 1 is 1.50 bits per heavy atom. The first kappa shape index (κ1) is 13.2. The Kier molecular flexibility index (Phi) is 3.50. The number of hydrogen-bond acceptors (Lipinski definition) is 4. The van der Waals surface area contributed by atoms with E-state index in [1.54, 1.807) is 23.0 Å². The van der Waals surface area contributed by atoms with Crippen LogP contribution in [0.1, 0.15) is 22.1 Å². The standard InChI is InChI=1S/C13H12ClFN4O/c14-10-3-1-2-8(13(10)15)4-12(20)11-7-19(18-17-11)9-5-16-6-9/h1-3,7,9,16H,4-6H2.